The van der Waals surface area contributed by atoms with E-state index in [0.29, 0.717) is 5.56 Å². The maximum absolute atomic E-state index is 12.0. The summed E-state index contributed by atoms with van der Waals surface area (Å²) in [4.78, 5) is 12.0. The first kappa shape index (κ1) is 12.0. The van der Waals surface area contributed by atoms with Crippen molar-refractivity contribution in [3.63, 3.8) is 0 Å². The molecule has 1 aromatic heterocycles. The van der Waals surface area contributed by atoms with Crippen LogP contribution in [0.4, 0.5) is 5.69 Å². The summed E-state index contributed by atoms with van der Waals surface area (Å²) in [5.41, 5.74) is 6.43. The molecule has 3 heteroatoms. The van der Waals surface area contributed by atoms with Crippen molar-refractivity contribution in [2.24, 2.45) is 0 Å². The van der Waals surface area contributed by atoms with Crippen LogP contribution in [0, 0.1) is 0 Å². The lowest BCUT2D eigenvalue weighted by Gasteiger charge is -2.07. The van der Waals surface area contributed by atoms with E-state index in [2.05, 4.69) is 29.6 Å². The van der Waals surface area contributed by atoms with Gasteiger partial charge in [-0.15, -0.1) is 0 Å². The normalized spacial score (nSPS) is 11.8. The number of carbonyl (C=O) groups is 1. The number of carbonyl (C=O) groups excluding carboxylic acids is 1. The summed E-state index contributed by atoms with van der Waals surface area (Å²) in [5, 5.41) is 2.91. The first-order valence-corrected chi connectivity index (χ1v) is 6.86. The second-order valence-corrected chi connectivity index (χ2v) is 5.17. The van der Waals surface area contributed by atoms with Gasteiger partial charge in [0.1, 0.15) is 6.26 Å². The van der Waals surface area contributed by atoms with Crippen LogP contribution < -0.4 is 5.32 Å². The SMILES string of the molecule is O=C(Nc1ccc2c(c1)-c1ccccc1C2)c1ccoc1. The number of nitrogens with one attached hydrogen (secondary N) is 1. The van der Waals surface area contributed by atoms with Crippen molar-refractivity contribution in [1.82, 2.24) is 0 Å². The van der Waals surface area contributed by atoms with E-state index >= 15 is 0 Å². The maximum atomic E-state index is 12.0. The summed E-state index contributed by atoms with van der Waals surface area (Å²) in [5.74, 6) is -0.157. The van der Waals surface area contributed by atoms with E-state index in [-0.39, 0.29) is 5.91 Å². The first-order valence-electron chi connectivity index (χ1n) is 6.86. The smallest absolute Gasteiger partial charge is 0.258 e. The first-order chi connectivity index (χ1) is 10.3. The van der Waals surface area contributed by atoms with Crippen LogP contribution in [0.15, 0.2) is 65.5 Å². The Hall–Kier alpha value is -2.81. The molecule has 1 aliphatic rings. The molecule has 0 fully saturated rings. The summed E-state index contributed by atoms with van der Waals surface area (Å²) in [6.45, 7) is 0. The van der Waals surface area contributed by atoms with E-state index in [1.165, 1.54) is 34.8 Å². The highest BCUT2D eigenvalue weighted by molar-refractivity contribution is 6.04. The average Bonchev–Trinajstić information content (AvgIpc) is 3.14. The molecule has 102 valence electrons. The van der Waals surface area contributed by atoms with Gasteiger partial charge in [0.25, 0.3) is 5.91 Å². The standard InChI is InChI=1S/C18H13NO2/c20-18(14-7-8-21-11-14)19-15-6-5-13-9-12-3-1-2-4-16(12)17(13)10-15/h1-8,10-11H,9H2,(H,19,20). The van der Waals surface area contributed by atoms with Gasteiger partial charge in [-0.05, 0) is 46.9 Å². The van der Waals surface area contributed by atoms with Crippen molar-refractivity contribution in [1.29, 1.82) is 0 Å². The molecule has 0 unspecified atom stereocenters. The van der Waals surface area contributed by atoms with Crippen LogP contribution in [0.25, 0.3) is 11.1 Å². The molecule has 2 aromatic carbocycles. The second kappa shape index (κ2) is 4.63. The van der Waals surface area contributed by atoms with Gasteiger partial charge in [-0.3, -0.25) is 4.79 Å². The molecule has 0 saturated carbocycles. The zero-order valence-corrected chi connectivity index (χ0v) is 11.3. The Bertz CT molecular complexity index is 819. The largest absolute Gasteiger partial charge is 0.472 e. The van der Waals surface area contributed by atoms with Gasteiger partial charge in [-0.2, -0.15) is 0 Å². The van der Waals surface area contributed by atoms with Crippen molar-refractivity contribution in [3.05, 3.63) is 77.7 Å². The predicted octanol–water partition coefficient (Wildman–Crippen LogP) is 4.10. The molecule has 0 bridgehead atoms. The number of furan rings is 1. The third-order valence-corrected chi connectivity index (χ3v) is 3.84. The topological polar surface area (TPSA) is 42.2 Å². The van der Waals surface area contributed by atoms with Crippen molar-refractivity contribution in [2.75, 3.05) is 5.32 Å². The molecule has 3 nitrogen and oxygen atoms in total. The van der Waals surface area contributed by atoms with E-state index in [4.69, 9.17) is 4.42 Å². The lowest BCUT2D eigenvalue weighted by molar-refractivity contribution is 0.102. The molecule has 0 aliphatic heterocycles. The van der Waals surface area contributed by atoms with Gasteiger partial charge in [0, 0.05) is 5.69 Å². The van der Waals surface area contributed by atoms with Crippen LogP contribution in [0.5, 0.6) is 0 Å². The molecule has 1 aliphatic carbocycles. The van der Waals surface area contributed by atoms with Crippen molar-refractivity contribution in [3.8, 4) is 11.1 Å². The minimum atomic E-state index is -0.157. The van der Waals surface area contributed by atoms with Gasteiger partial charge in [0.05, 0.1) is 11.8 Å². The monoisotopic (exact) mass is 275 g/mol. The molecule has 21 heavy (non-hydrogen) atoms. The van der Waals surface area contributed by atoms with Crippen molar-refractivity contribution < 1.29 is 9.21 Å². The van der Waals surface area contributed by atoms with Gasteiger partial charge >= 0.3 is 0 Å². The highest BCUT2D eigenvalue weighted by atomic mass is 16.3. The molecule has 1 N–H and O–H groups in total. The Morgan fingerprint density at radius 2 is 1.86 bits per heavy atom. The molecular weight excluding hydrogens is 262 g/mol. The van der Waals surface area contributed by atoms with Crippen LogP contribution in [0.3, 0.4) is 0 Å². The fourth-order valence-corrected chi connectivity index (χ4v) is 2.80. The average molecular weight is 275 g/mol. The quantitative estimate of drug-likeness (QED) is 0.598. The number of hydrogen-bond donors (Lipinski definition) is 1. The summed E-state index contributed by atoms with van der Waals surface area (Å²) in [6.07, 6.45) is 3.90. The van der Waals surface area contributed by atoms with Gasteiger partial charge in [-0.25, -0.2) is 0 Å². The van der Waals surface area contributed by atoms with Gasteiger partial charge in [-0.1, -0.05) is 30.3 Å². The molecule has 4 rings (SSSR count). The number of rotatable bonds is 2. The van der Waals surface area contributed by atoms with Crippen LogP contribution in [-0.2, 0) is 6.42 Å². The lowest BCUT2D eigenvalue weighted by Crippen LogP contribution is -2.10. The number of amides is 1. The minimum absolute atomic E-state index is 0.157. The Morgan fingerprint density at radius 3 is 2.71 bits per heavy atom. The molecule has 0 saturated heterocycles. The molecule has 1 heterocycles. The number of anilines is 1. The zero-order valence-electron chi connectivity index (χ0n) is 11.3. The van der Waals surface area contributed by atoms with Crippen molar-refractivity contribution in [2.45, 2.75) is 6.42 Å². The van der Waals surface area contributed by atoms with Gasteiger partial charge in [0.15, 0.2) is 0 Å². The predicted molar refractivity (Wildman–Crippen MR) is 81.3 cm³/mol. The Labute approximate surface area is 122 Å². The zero-order chi connectivity index (χ0) is 14.2. The molecule has 0 spiro atoms. The van der Waals surface area contributed by atoms with E-state index in [0.717, 1.165) is 12.1 Å². The number of benzene rings is 2. The van der Waals surface area contributed by atoms with Gasteiger partial charge < -0.3 is 9.73 Å². The fraction of sp³-hybridized carbons (Fsp3) is 0.0556. The summed E-state index contributed by atoms with van der Waals surface area (Å²) in [6, 6.07) is 16.1. The molecule has 0 atom stereocenters. The summed E-state index contributed by atoms with van der Waals surface area (Å²) in [7, 11) is 0. The third kappa shape index (κ3) is 2.03. The summed E-state index contributed by atoms with van der Waals surface area (Å²) >= 11 is 0. The van der Waals surface area contributed by atoms with Crippen LogP contribution in [0.1, 0.15) is 21.5 Å². The third-order valence-electron chi connectivity index (χ3n) is 3.84. The van der Waals surface area contributed by atoms with Crippen LogP contribution in [0.2, 0.25) is 0 Å². The Morgan fingerprint density at radius 1 is 1.00 bits per heavy atom. The highest BCUT2D eigenvalue weighted by Gasteiger charge is 2.18. The fourth-order valence-electron chi connectivity index (χ4n) is 2.80. The highest BCUT2D eigenvalue weighted by Crippen LogP contribution is 2.37. The number of fused-ring (bicyclic) bond motifs is 3. The molecule has 0 radical (unpaired) electrons. The molecule has 3 aromatic rings. The van der Waals surface area contributed by atoms with Crippen LogP contribution >= 0.6 is 0 Å². The van der Waals surface area contributed by atoms with E-state index in [1.807, 2.05) is 18.2 Å². The Balaban J connectivity index is 1.67. The molecule has 1 amide bonds. The van der Waals surface area contributed by atoms with E-state index < -0.39 is 0 Å². The van der Waals surface area contributed by atoms with Gasteiger partial charge in [0.2, 0.25) is 0 Å². The van der Waals surface area contributed by atoms with E-state index in [1.54, 1.807) is 6.07 Å². The maximum Gasteiger partial charge on any atom is 0.258 e. The minimum Gasteiger partial charge on any atom is -0.472 e. The second-order valence-electron chi connectivity index (χ2n) is 5.17. The van der Waals surface area contributed by atoms with Crippen LogP contribution in [-0.4, -0.2) is 5.91 Å². The van der Waals surface area contributed by atoms with E-state index in [9.17, 15) is 4.79 Å². The van der Waals surface area contributed by atoms with Crippen molar-refractivity contribution >= 4 is 11.6 Å². The molecular formula is C18H13NO2. The lowest BCUT2D eigenvalue weighted by atomic mass is 10.1. The summed E-state index contributed by atoms with van der Waals surface area (Å²) < 4.78 is 4.93. The Kier molecular flexibility index (Phi) is 2.64. The number of hydrogen-bond acceptors (Lipinski definition) is 2.